The fourth-order valence-corrected chi connectivity index (χ4v) is 3.91. The van der Waals surface area contributed by atoms with Gasteiger partial charge >= 0.3 is 5.97 Å². The van der Waals surface area contributed by atoms with Gasteiger partial charge in [-0.25, -0.2) is 4.79 Å². The Morgan fingerprint density at radius 1 is 1.12 bits per heavy atom. The maximum absolute atomic E-state index is 12.9. The number of carbonyl (C=O) groups excluding carboxylic acids is 1. The van der Waals surface area contributed by atoms with Crippen molar-refractivity contribution in [3.05, 3.63) is 60.5 Å². The SMILES string of the molecule is C[N+]1(C)C2C=CC1CC(OC(=O)C(O)(c1ccco1)c1ccco1)C2.[Br-]. The lowest BCUT2D eigenvalue weighted by Crippen LogP contribution is -3.00. The molecule has 1 saturated heterocycles. The van der Waals surface area contributed by atoms with Crippen molar-refractivity contribution in [1.82, 2.24) is 0 Å². The molecule has 4 heterocycles. The molecule has 1 N–H and O–H groups in total. The van der Waals surface area contributed by atoms with Crippen LogP contribution in [0.4, 0.5) is 0 Å². The van der Waals surface area contributed by atoms with Crippen LogP contribution in [0, 0.1) is 0 Å². The highest BCUT2D eigenvalue weighted by atomic mass is 79.9. The largest absolute Gasteiger partial charge is 1.00 e. The van der Waals surface area contributed by atoms with Gasteiger partial charge in [-0.1, -0.05) is 0 Å². The van der Waals surface area contributed by atoms with E-state index in [1.54, 1.807) is 12.1 Å². The van der Waals surface area contributed by atoms with E-state index < -0.39 is 11.6 Å². The van der Waals surface area contributed by atoms with Crippen molar-refractivity contribution in [2.45, 2.75) is 36.6 Å². The summed E-state index contributed by atoms with van der Waals surface area (Å²) in [6.45, 7) is 0. The molecule has 6 nitrogen and oxygen atoms in total. The summed E-state index contributed by atoms with van der Waals surface area (Å²) < 4.78 is 17.2. The molecule has 2 aliphatic heterocycles. The maximum Gasteiger partial charge on any atom is 0.354 e. The molecule has 2 aliphatic rings. The third kappa shape index (κ3) is 2.84. The van der Waals surface area contributed by atoms with Gasteiger partial charge in [-0.15, -0.1) is 0 Å². The first-order valence-corrected chi connectivity index (χ1v) is 8.45. The molecular formula is C19H22BrNO5. The molecule has 0 radical (unpaired) electrons. The zero-order chi connectivity index (χ0) is 17.7. The molecule has 2 bridgehead atoms. The van der Waals surface area contributed by atoms with E-state index in [0.717, 1.165) is 17.3 Å². The van der Waals surface area contributed by atoms with Crippen LogP contribution in [0.25, 0.3) is 0 Å². The molecule has 0 aromatic carbocycles. The van der Waals surface area contributed by atoms with Crippen molar-refractivity contribution < 1.29 is 44.9 Å². The van der Waals surface area contributed by atoms with Crippen LogP contribution in [0.1, 0.15) is 24.4 Å². The number of rotatable bonds is 4. The van der Waals surface area contributed by atoms with Crippen LogP contribution in [0.15, 0.2) is 57.8 Å². The first kappa shape index (κ1) is 18.9. The smallest absolute Gasteiger partial charge is 0.354 e. The van der Waals surface area contributed by atoms with Gasteiger partial charge in [0.25, 0.3) is 5.60 Å². The van der Waals surface area contributed by atoms with Crippen molar-refractivity contribution >= 4 is 5.97 Å². The molecular weight excluding hydrogens is 402 g/mol. The number of quaternary nitrogens is 1. The lowest BCUT2D eigenvalue weighted by Gasteiger charge is -2.44. The van der Waals surface area contributed by atoms with Gasteiger partial charge in [0.2, 0.25) is 0 Å². The van der Waals surface area contributed by atoms with E-state index in [4.69, 9.17) is 13.6 Å². The van der Waals surface area contributed by atoms with Gasteiger partial charge in [-0.05, 0) is 36.4 Å². The summed E-state index contributed by atoms with van der Waals surface area (Å²) in [6, 6.07) is 6.93. The number of carbonyl (C=O) groups is 1. The molecule has 0 aliphatic carbocycles. The van der Waals surface area contributed by atoms with Crippen LogP contribution in [-0.4, -0.2) is 47.8 Å². The number of aliphatic hydroxyl groups is 1. The lowest BCUT2D eigenvalue weighted by atomic mass is 9.95. The Hall–Kier alpha value is -1.83. The predicted octanol–water partition coefficient (Wildman–Crippen LogP) is -0.798. The number of furan rings is 2. The van der Waals surface area contributed by atoms with Crippen molar-refractivity contribution in [3.63, 3.8) is 0 Å². The van der Waals surface area contributed by atoms with Crippen molar-refractivity contribution in [2.75, 3.05) is 14.1 Å². The number of ether oxygens (including phenoxy) is 1. The predicted molar refractivity (Wildman–Crippen MR) is 88.4 cm³/mol. The number of hydrogen-bond donors (Lipinski definition) is 1. The number of likely N-dealkylation sites (N-methyl/N-ethyl adjacent to an activating group) is 1. The summed E-state index contributed by atoms with van der Waals surface area (Å²) in [5.41, 5.74) is -2.08. The van der Waals surface area contributed by atoms with Gasteiger partial charge in [0.15, 0.2) is 11.5 Å². The molecule has 1 fully saturated rings. The minimum atomic E-state index is -2.08. The van der Waals surface area contributed by atoms with Crippen LogP contribution < -0.4 is 17.0 Å². The third-order valence-electron chi connectivity index (χ3n) is 5.60. The highest BCUT2D eigenvalue weighted by molar-refractivity contribution is 5.83. The van der Waals surface area contributed by atoms with Crippen molar-refractivity contribution in [2.24, 2.45) is 0 Å². The second kappa shape index (κ2) is 6.72. The lowest BCUT2D eigenvalue weighted by molar-refractivity contribution is -0.926. The number of halogens is 1. The van der Waals surface area contributed by atoms with E-state index in [1.807, 2.05) is 0 Å². The van der Waals surface area contributed by atoms with Gasteiger partial charge in [0.05, 0.1) is 26.6 Å². The summed E-state index contributed by atoms with van der Waals surface area (Å²) in [5.74, 6) is -0.602. The van der Waals surface area contributed by atoms with Gasteiger partial charge in [-0.3, -0.25) is 0 Å². The van der Waals surface area contributed by atoms with Crippen LogP contribution >= 0.6 is 0 Å². The van der Waals surface area contributed by atoms with Crippen LogP contribution in [-0.2, 0) is 15.1 Å². The summed E-state index contributed by atoms with van der Waals surface area (Å²) in [7, 11) is 4.38. The Labute approximate surface area is 162 Å². The molecule has 7 heteroatoms. The van der Waals surface area contributed by atoms with E-state index >= 15 is 0 Å². The highest BCUT2D eigenvalue weighted by Crippen LogP contribution is 2.38. The molecule has 2 atom stereocenters. The Balaban J connectivity index is 0.00000196. The number of fused-ring (bicyclic) bond motifs is 2. The van der Waals surface area contributed by atoms with Gasteiger partial charge in [0.1, 0.15) is 18.2 Å². The number of piperidine rings is 1. The monoisotopic (exact) mass is 423 g/mol. The molecule has 4 rings (SSSR count). The molecule has 2 aromatic heterocycles. The normalized spacial score (nSPS) is 26.3. The van der Waals surface area contributed by atoms with Crippen LogP contribution in [0.3, 0.4) is 0 Å². The van der Waals surface area contributed by atoms with E-state index in [0.29, 0.717) is 12.1 Å². The zero-order valence-electron chi connectivity index (χ0n) is 14.7. The van der Waals surface area contributed by atoms with E-state index in [-0.39, 0.29) is 34.6 Å². The first-order chi connectivity index (χ1) is 11.9. The molecule has 0 spiro atoms. The Bertz CT molecular complexity index is 729. The summed E-state index contributed by atoms with van der Waals surface area (Å²) >= 11 is 0. The fraction of sp³-hybridized carbons (Fsp3) is 0.421. The van der Waals surface area contributed by atoms with E-state index in [2.05, 4.69) is 26.2 Å². The molecule has 2 aromatic rings. The minimum Gasteiger partial charge on any atom is -1.00 e. The summed E-state index contributed by atoms with van der Waals surface area (Å²) in [5, 5.41) is 11.1. The van der Waals surface area contributed by atoms with Crippen LogP contribution in [0.2, 0.25) is 0 Å². The van der Waals surface area contributed by atoms with E-state index in [9.17, 15) is 9.90 Å². The first-order valence-electron chi connectivity index (χ1n) is 8.45. The quantitative estimate of drug-likeness (QED) is 0.396. The maximum atomic E-state index is 12.9. The topological polar surface area (TPSA) is 72.8 Å². The standard InChI is InChI=1S/C19H22NO5.BrH/c1-20(2)13-7-8-14(20)12-15(11-13)25-18(21)19(22,16-5-3-9-23-16)17-6-4-10-24-17;/h3-10,13-15,22H,11-12H2,1-2H3;1H/q+1;/p-1. The molecule has 2 unspecified atom stereocenters. The second-order valence-electron chi connectivity index (χ2n) is 7.31. The number of hydrogen-bond acceptors (Lipinski definition) is 5. The highest BCUT2D eigenvalue weighted by Gasteiger charge is 2.51. The van der Waals surface area contributed by atoms with Crippen molar-refractivity contribution in [3.8, 4) is 0 Å². The minimum absolute atomic E-state index is 0. The Morgan fingerprint density at radius 3 is 2.04 bits per heavy atom. The molecule has 0 amide bonds. The summed E-state index contributed by atoms with van der Waals surface area (Å²) in [4.78, 5) is 12.9. The van der Waals surface area contributed by atoms with Gasteiger partial charge < -0.3 is 40.1 Å². The fourth-order valence-electron chi connectivity index (χ4n) is 3.91. The van der Waals surface area contributed by atoms with E-state index in [1.165, 1.54) is 24.7 Å². The number of esters is 1. The average Bonchev–Trinajstić information content (AvgIpc) is 3.29. The Morgan fingerprint density at radius 2 is 1.62 bits per heavy atom. The summed E-state index contributed by atoms with van der Waals surface area (Å²) in [6.07, 6.45) is 8.42. The molecule has 26 heavy (non-hydrogen) atoms. The third-order valence-corrected chi connectivity index (χ3v) is 5.60. The van der Waals surface area contributed by atoms with Crippen LogP contribution in [0.5, 0.6) is 0 Å². The molecule has 0 saturated carbocycles. The average molecular weight is 424 g/mol. The van der Waals surface area contributed by atoms with Gasteiger partial charge in [-0.2, -0.15) is 0 Å². The van der Waals surface area contributed by atoms with Crippen molar-refractivity contribution in [1.29, 1.82) is 0 Å². The number of nitrogens with zero attached hydrogens (tertiary/aromatic N) is 1. The van der Waals surface area contributed by atoms with Gasteiger partial charge in [0, 0.05) is 12.8 Å². The molecule has 140 valence electrons. The Kier molecular flexibility index (Phi) is 4.90. The second-order valence-corrected chi connectivity index (χ2v) is 7.31. The zero-order valence-corrected chi connectivity index (χ0v) is 16.3.